The number of sulfonamides is 1. The van der Waals surface area contributed by atoms with Gasteiger partial charge in [-0.2, -0.15) is 0 Å². The summed E-state index contributed by atoms with van der Waals surface area (Å²) in [4.78, 5) is 30.2. The van der Waals surface area contributed by atoms with Gasteiger partial charge in [-0.05, 0) is 115 Å². The van der Waals surface area contributed by atoms with E-state index in [1.165, 1.54) is 48.4 Å². The zero-order valence-electron chi connectivity index (χ0n) is 28.4. The molecule has 5 saturated carbocycles. The van der Waals surface area contributed by atoms with Gasteiger partial charge in [-0.15, -0.1) is 0 Å². The van der Waals surface area contributed by atoms with Crippen molar-refractivity contribution in [3.63, 3.8) is 0 Å². The van der Waals surface area contributed by atoms with E-state index in [2.05, 4.69) is 17.4 Å². The second-order valence-electron chi connectivity index (χ2n) is 15.4. The van der Waals surface area contributed by atoms with Crippen LogP contribution in [-0.2, 0) is 38.0 Å². The average molecular weight is 702 g/mol. The average Bonchev–Trinajstić information content (AvgIpc) is 3.58. The van der Waals surface area contributed by atoms with Crippen molar-refractivity contribution in [2.75, 3.05) is 17.1 Å². The maximum absolute atomic E-state index is 14.5. The van der Waals surface area contributed by atoms with Crippen LogP contribution < -0.4 is 9.62 Å². The molecule has 8 rings (SSSR count). The van der Waals surface area contributed by atoms with Gasteiger partial charge < -0.3 is 10.2 Å². The highest BCUT2D eigenvalue weighted by Crippen LogP contribution is 2.60. The van der Waals surface area contributed by atoms with Gasteiger partial charge in [0, 0.05) is 24.0 Å². The second kappa shape index (κ2) is 14.1. The summed E-state index contributed by atoms with van der Waals surface area (Å²) in [7, 11) is -3.84. The Labute approximate surface area is 296 Å². The van der Waals surface area contributed by atoms with E-state index in [9.17, 15) is 18.0 Å². The van der Waals surface area contributed by atoms with Gasteiger partial charge in [-0.25, -0.2) is 8.42 Å². The Morgan fingerprint density at radius 1 is 0.837 bits per heavy atom. The Hall–Kier alpha value is -3.36. The van der Waals surface area contributed by atoms with Crippen molar-refractivity contribution in [2.24, 2.45) is 17.8 Å². The number of hydrogen-bond donors (Lipinski definition) is 1. The predicted octanol–water partition coefficient (Wildman–Crippen LogP) is 7.27. The summed E-state index contributed by atoms with van der Waals surface area (Å²) in [6, 6.07) is 24.1. The quantitative estimate of drug-likeness (QED) is 0.215. The highest BCUT2D eigenvalue weighted by molar-refractivity contribution is 7.92. The van der Waals surface area contributed by atoms with Crippen LogP contribution in [0.25, 0.3) is 0 Å². The largest absolute Gasteiger partial charge is 0.352 e. The van der Waals surface area contributed by atoms with Crippen molar-refractivity contribution in [1.29, 1.82) is 0 Å². The van der Waals surface area contributed by atoms with Gasteiger partial charge in [0.05, 0.1) is 11.9 Å². The van der Waals surface area contributed by atoms with E-state index < -0.39 is 28.5 Å². The first-order chi connectivity index (χ1) is 23.5. The van der Waals surface area contributed by atoms with Crippen LogP contribution in [0.2, 0.25) is 5.02 Å². The van der Waals surface area contributed by atoms with Gasteiger partial charge in [-0.1, -0.05) is 79.0 Å². The molecule has 5 fully saturated rings. The number of carbonyl (C=O) groups excluding carboxylic acids is 2. The second-order valence-corrected chi connectivity index (χ2v) is 17.7. The van der Waals surface area contributed by atoms with Gasteiger partial charge in [0.1, 0.15) is 12.6 Å². The van der Waals surface area contributed by atoms with E-state index in [1.54, 1.807) is 17.0 Å². The number of rotatable bonds is 12. The Balaban J connectivity index is 1.18. The van der Waals surface area contributed by atoms with Crippen molar-refractivity contribution in [3.05, 3.63) is 101 Å². The van der Waals surface area contributed by atoms with E-state index in [0.717, 1.165) is 60.8 Å². The Bertz CT molecular complexity index is 1700. The SMILES string of the molecule is CS(=O)(=O)N(CC(=O)N(Cc1ccc(Cl)cc1)C(Cc1ccccc1)C(=O)NC1CCCC1)c1ccc(C23CC4CC(CC(C4)C2)C3)cc1. The highest BCUT2D eigenvalue weighted by Gasteiger charge is 2.51. The minimum atomic E-state index is -3.84. The first-order valence-electron chi connectivity index (χ1n) is 18.0. The monoisotopic (exact) mass is 701 g/mol. The maximum Gasteiger partial charge on any atom is 0.244 e. The van der Waals surface area contributed by atoms with E-state index in [1.807, 2.05) is 54.6 Å². The minimum Gasteiger partial charge on any atom is -0.352 e. The van der Waals surface area contributed by atoms with Crippen LogP contribution in [0.1, 0.15) is 80.9 Å². The van der Waals surface area contributed by atoms with E-state index in [4.69, 9.17) is 11.6 Å². The summed E-state index contributed by atoms with van der Waals surface area (Å²) in [5.74, 6) is 1.75. The van der Waals surface area contributed by atoms with Crippen LogP contribution >= 0.6 is 11.6 Å². The predicted molar refractivity (Wildman–Crippen MR) is 195 cm³/mol. The summed E-state index contributed by atoms with van der Waals surface area (Å²) in [6.45, 7) is -0.278. The molecule has 0 spiro atoms. The molecule has 0 aromatic heterocycles. The molecule has 0 aliphatic heterocycles. The van der Waals surface area contributed by atoms with E-state index in [0.29, 0.717) is 17.1 Å². The van der Waals surface area contributed by atoms with Gasteiger partial charge in [0.25, 0.3) is 0 Å². The number of anilines is 1. The first kappa shape index (κ1) is 34.1. The van der Waals surface area contributed by atoms with Crippen LogP contribution in [-0.4, -0.2) is 50.0 Å². The molecular formula is C40H48ClN3O4S. The molecule has 1 N–H and O–H groups in total. The Morgan fingerprint density at radius 3 is 2.00 bits per heavy atom. The summed E-state index contributed by atoms with van der Waals surface area (Å²) >= 11 is 6.19. The van der Waals surface area contributed by atoms with Crippen molar-refractivity contribution in [2.45, 2.75) is 94.7 Å². The first-order valence-corrected chi connectivity index (χ1v) is 20.2. The third-order valence-electron chi connectivity index (χ3n) is 11.7. The van der Waals surface area contributed by atoms with Crippen LogP contribution in [0.15, 0.2) is 78.9 Å². The molecule has 0 heterocycles. The van der Waals surface area contributed by atoms with Gasteiger partial charge in [0.15, 0.2) is 0 Å². The molecule has 5 aliphatic rings. The molecule has 9 heteroatoms. The highest BCUT2D eigenvalue weighted by atomic mass is 35.5. The van der Waals surface area contributed by atoms with Gasteiger partial charge in [-0.3, -0.25) is 13.9 Å². The standard InChI is InChI=1S/C40H48ClN3O4S/c1-49(47,48)44(36-17-13-33(14-18-36)40-23-30-19-31(24-40)21-32(20-30)25-40)27-38(45)43(26-29-11-15-34(41)16-12-29)37(22-28-7-3-2-4-8-28)39(46)42-35-9-5-6-10-35/h2-4,7-8,11-18,30-32,35,37H,5-6,9-10,19-27H2,1H3,(H,42,46). The fourth-order valence-electron chi connectivity index (χ4n) is 9.77. The molecular weight excluding hydrogens is 654 g/mol. The molecule has 2 amide bonds. The number of hydrogen-bond acceptors (Lipinski definition) is 4. The van der Waals surface area contributed by atoms with Gasteiger partial charge in [0.2, 0.25) is 21.8 Å². The molecule has 0 saturated heterocycles. The molecule has 1 unspecified atom stereocenters. The topological polar surface area (TPSA) is 86.8 Å². The smallest absolute Gasteiger partial charge is 0.244 e. The van der Waals surface area contributed by atoms with Crippen molar-refractivity contribution >= 4 is 39.1 Å². The summed E-state index contributed by atoms with van der Waals surface area (Å²) < 4.78 is 28.0. The number of carbonyl (C=O) groups is 2. The zero-order valence-corrected chi connectivity index (χ0v) is 30.0. The third-order valence-corrected chi connectivity index (χ3v) is 13.1. The van der Waals surface area contributed by atoms with Crippen LogP contribution in [0.3, 0.4) is 0 Å². The number of amides is 2. The fourth-order valence-corrected chi connectivity index (χ4v) is 10.7. The summed E-state index contributed by atoms with van der Waals surface area (Å²) in [5.41, 5.74) is 3.67. The fraction of sp³-hybridized carbons (Fsp3) is 0.500. The zero-order chi connectivity index (χ0) is 34.2. The number of halogens is 1. The molecule has 5 aliphatic carbocycles. The lowest BCUT2D eigenvalue weighted by atomic mass is 9.48. The van der Waals surface area contributed by atoms with Crippen LogP contribution in [0.5, 0.6) is 0 Å². The Kier molecular flexibility index (Phi) is 9.82. The molecule has 260 valence electrons. The molecule has 49 heavy (non-hydrogen) atoms. The van der Waals surface area contributed by atoms with Crippen molar-refractivity contribution < 1.29 is 18.0 Å². The maximum atomic E-state index is 14.5. The van der Waals surface area contributed by atoms with E-state index >= 15 is 0 Å². The third kappa shape index (κ3) is 7.70. The molecule has 3 aromatic carbocycles. The van der Waals surface area contributed by atoms with E-state index in [-0.39, 0.29) is 23.9 Å². The summed E-state index contributed by atoms with van der Waals surface area (Å²) in [6.07, 6.45) is 13.1. The summed E-state index contributed by atoms with van der Waals surface area (Å²) in [5, 5.41) is 3.79. The number of nitrogens with one attached hydrogen (secondary N) is 1. The molecule has 7 nitrogen and oxygen atoms in total. The van der Waals surface area contributed by atoms with Crippen LogP contribution in [0.4, 0.5) is 5.69 Å². The van der Waals surface area contributed by atoms with Crippen molar-refractivity contribution in [3.8, 4) is 0 Å². The van der Waals surface area contributed by atoms with Crippen molar-refractivity contribution in [1.82, 2.24) is 10.2 Å². The minimum absolute atomic E-state index is 0.0678. The number of nitrogens with zero attached hydrogens (tertiary/aromatic N) is 2. The number of benzene rings is 3. The lowest BCUT2D eigenvalue weighted by molar-refractivity contribution is -0.140. The Morgan fingerprint density at radius 2 is 1.43 bits per heavy atom. The normalized spacial score (nSPS) is 25.2. The molecule has 1 atom stereocenters. The van der Waals surface area contributed by atoms with Crippen LogP contribution in [0, 0.1) is 17.8 Å². The molecule has 0 radical (unpaired) electrons. The molecule has 3 aromatic rings. The van der Waals surface area contributed by atoms with Gasteiger partial charge >= 0.3 is 0 Å². The lowest BCUT2D eigenvalue weighted by Gasteiger charge is -2.57. The molecule has 4 bridgehead atoms. The lowest BCUT2D eigenvalue weighted by Crippen LogP contribution is -2.54.